The summed E-state index contributed by atoms with van der Waals surface area (Å²) >= 11 is 0. The number of anilines is 3. The van der Waals surface area contributed by atoms with Gasteiger partial charge in [-0.25, -0.2) is 4.90 Å². The van der Waals surface area contributed by atoms with Gasteiger partial charge in [0, 0.05) is 43.7 Å². The minimum atomic E-state index is -0.432. The van der Waals surface area contributed by atoms with Crippen LogP contribution in [0, 0.1) is 6.92 Å². The Balaban J connectivity index is 1.83. The van der Waals surface area contributed by atoms with Crippen LogP contribution in [0.25, 0.3) is 5.57 Å². The average Bonchev–Trinajstić information content (AvgIpc) is 3.08. The monoisotopic (exact) mass is 457 g/mol. The molecule has 0 saturated heterocycles. The van der Waals surface area contributed by atoms with Gasteiger partial charge in [-0.2, -0.15) is 0 Å². The number of carbonyl (C=O) groups is 2. The van der Waals surface area contributed by atoms with Gasteiger partial charge < -0.3 is 19.7 Å². The largest absolute Gasteiger partial charge is 0.497 e. The number of methoxy groups -OCH3 is 2. The Morgan fingerprint density at radius 2 is 1.47 bits per heavy atom. The molecule has 0 fully saturated rings. The topological polar surface area (TPSA) is 71.1 Å². The first kappa shape index (κ1) is 22.9. The molecule has 34 heavy (non-hydrogen) atoms. The highest BCUT2D eigenvalue weighted by molar-refractivity contribution is 6.46. The van der Waals surface area contributed by atoms with Crippen LogP contribution in [0.1, 0.15) is 11.1 Å². The van der Waals surface area contributed by atoms with Crippen molar-refractivity contribution in [1.29, 1.82) is 0 Å². The average molecular weight is 458 g/mol. The lowest BCUT2D eigenvalue weighted by atomic mass is 10.0. The van der Waals surface area contributed by atoms with Crippen LogP contribution in [0.4, 0.5) is 17.1 Å². The van der Waals surface area contributed by atoms with E-state index in [0.717, 1.165) is 11.3 Å². The smallest absolute Gasteiger partial charge is 0.282 e. The van der Waals surface area contributed by atoms with Gasteiger partial charge in [0.2, 0.25) is 0 Å². The SMILES string of the molecule is COc1cc(NC2=C(c3ccc(C)cc3)C(=O)N(c3cccc(N(C)C)c3)C2=O)cc(OC)c1. The number of nitrogens with one attached hydrogen (secondary N) is 1. The van der Waals surface area contributed by atoms with Gasteiger partial charge in [-0.1, -0.05) is 35.9 Å². The molecular formula is C27H27N3O4. The summed E-state index contributed by atoms with van der Waals surface area (Å²) in [5, 5.41) is 3.17. The second-order valence-electron chi connectivity index (χ2n) is 8.20. The number of nitrogens with zero attached hydrogens (tertiary/aromatic N) is 2. The van der Waals surface area contributed by atoms with E-state index in [0.29, 0.717) is 34.0 Å². The van der Waals surface area contributed by atoms with E-state index in [1.807, 2.05) is 68.4 Å². The van der Waals surface area contributed by atoms with E-state index in [4.69, 9.17) is 9.47 Å². The fraction of sp³-hybridized carbons (Fsp3) is 0.185. The number of carbonyl (C=O) groups excluding carboxylic acids is 2. The molecule has 7 nitrogen and oxygen atoms in total. The van der Waals surface area contributed by atoms with Gasteiger partial charge in [0.15, 0.2) is 0 Å². The Morgan fingerprint density at radius 1 is 0.824 bits per heavy atom. The quantitative estimate of drug-likeness (QED) is 0.528. The lowest BCUT2D eigenvalue weighted by molar-refractivity contribution is -0.120. The van der Waals surface area contributed by atoms with Gasteiger partial charge >= 0.3 is 0 Å². The van der Waals surface area contributed by atoms with E-state index < -0.39 is 5.91 Å². The van der Waals surface area contributed by atoms with Gasteiger partial charge in [0.1, 0.15) is 17.2 Å². The number of rotatable bonds is 7. The molecule has 1 N–H and O–H groups in total. The van der Waals surface area contributed by atoms with Crippen LogP contribution in [0.15, 0.2) is 72.4 Å². The van der Waals surface area contributed by atoms with Crippen molar-refractivity contribution < 1.29 is 19.1 Å². The number of amides is 2. The maximum atomic E-state index is 13.7. The van der Waals surface area contributed by atoms with Gasteiger partial charge in [-0.05, 0) is 30.7 Å². The van der Waals surface area contributed by atoms with Crippen LogP contribution in [-0.2, 0) is 9.59 Å². The van der Waals surface area contributed by atoms with E-state index in [2.05, 4.69) is 5.32 Å². The first-order chi connectivity index (χ1) is 16.3. The van der Waals surface area contributed by atoms with Crippen LogP contribution >= 0.6 is 0 Å². The van der Waals surface area contributed by atoms with Crippen LogP contribution < -0.4 is 24.6 Å². The van der Waals surface area contributed by atoms with E-state index in [9.17, 15) is 9.59 Å². The molecule has 4 rings (SSSR count). The molecule has 0 aromatic heterocycles. The second kappa shape index (κ2) is 9.31. The summed E-state index contributed by atoms with van der Waals surface area (Å²) in [6.07, 6.45) is 0. The molecule has 3 aromatic carbocycles. The summed E-state index contributed by atoms with van der Waals surface area (Å²) in [5.41, 5.74) is 4.18. The van der Waals surface area contributed by atoms with Crippen molar-refractivity contribution in [3.05, 3.63) is 83.6 Å². The maximum absolute atomic E-state index is 13.7. The highest BCUT2D eigenvalue weighted by atomic mass is 16.5. The molecule has 7 heteroatoms. The van der Waals surface area contributed by atoms with Crippen molar-refractivity contribution in [1.82, 2.24) is 0 Å². The molecule has 1 heterocycles. The van der Waals surface area contributed by atoms with Crippen molar-refractivity contribution in [3.63, 3.8) is 0 Å². The zero-order chi connectivity index (χ0) is 24.4. The maximum Gasteiger partial charge on any atom is 0.282 e. The van der Waals surface area contributed by atoms with E-state index in [1.165, 1.54) is 4.90 Å². The third kappa shape index (κ3) is 4.32. The standard InChI is InChI=1S/C27H27N3O4/c1-17-9-11-18(12-10-17)24-25(28-19-13-22(33-4)16-23(14-19)34-5)27(32)30(26(24)31)21-8-6-7-20(15-21)29(2)3/h6-16,28H,1-5H3. The number of aryl methyl sites for hydroxylation is 1. The summed E-state index contributed by atoms with van der Waals surface area (Å²) in [6.45, 7) is 1.97. The highest BCUT2D eigenvalue weighted by Crippen LogP contribution is 2.36. The number of hydrogen-bond acceptors (Lipinski definition) is 6. The Kier molecular flexibility index (Phi) is 6.27. The normalized spacial score (nSPS) is 13.4. The molecule has 1 aliphatic heterocycles. The predicted octanol–water partition coefficient (Wildman–Crippen LogP) is 4.47. The molecule has 0 atom stereocenters. The summed E-state index contributed by atoms with van der Waals surface area (Å²) in [5.74, 6) is 0.304. The van der Waals surface area contributed by atoms with Crippen LogP contribution in [-0.4, -0.2) is 40.1 Å². The lowest BCUT2D eigenvalue weighted by Gasteiger charge is -2.19. The fourth-order valence-electron chi connectivity index (χ4n) is 3.80. The summed E-state index contributed by atoms with van der Waals surface area (Å²) < 4.78 is 10.7. The molecule has 0 radical (unpaired) electrons. The Morgan fingerprint density at radius 3 is 2.06 bits per heavy atom. The van der Waals surface area contributed by atoms with Crippen LogP contribution in [0.5, 0.6) is 11.5 Å². The second-order valence-corrected chi connectivity index (χ2v) is 8.20. The lowest BCUT2D eigenvalue weighted by Crippen LogP contribution is -2.32. The van der Waals surface area contributed by atoms with Crippen molar-refractivity contribution in [3.8, 4) is 11.5 Å². The molecule has 174 valence electrons. The third-order valence-corrected chi connectivity index (χ3v) is 5.65. The number of hydrogen-bond donors (Lipinski definition) is 1. The highest BCUT2D eigenvalue weighted by Gasteiger charge is 2.40. The minimum Gasteiger partial charge on any atom is -0.497 e. The molecular weight excluding hydrogens is 430 g/mol. The molecule has 0 aliphatic carbocycles. The van der Waals surface area contributed by atoms with Crippen LogP contribution in [0.2, 0.25) is 0 Å². The van der Waals surface area contributed by atoms with Gasteiger partial charge in [0.05, 0.1) is 25.5 Å². The minimum absolute atomic E-state index is 0.194. The summed E-state index contributed by atoms with van der Waals surface area (Å²) in [6, 6.07) is 20.1. The summed E-state index contributed by atoms with van der Waals surface area (Å²) in [4.78, 5) is 30.5. The van der Waals surface area contributed by atoms with Crippen molar-refractivity contribution >= 4 is 34.4 Å². The zero-order valence-corrected chi connectivity index (χ0v) is 19.9. The Hall–Kier alpha value is -4.26. The van der Waals surface area contributed by atoms with Crippen molar-refractivity contribution in [2.75, 3.05) is 43.4 Å². The van der Waals surface area contributed by atoms with E-state index >= 15 is 0 Å². The Labute approximate surface area is 199 Å². The number of benzene rings is 3. The molecule has 3 aromatic rings. The first-order valence-corrected chi connectivity index (χ1v) is 10.8. The van der Waals surface area contributed by atoms with E-state index in [-0.39, 0.29) is 11.6 Å². The number of imide groups is 1. The fourth-order valence-corrected chi connectivity index (χ4v) is 3.80. The Bertz CT molecular complexity index is 1260. The molecule has 0 spiro atoms. The summed E-state index contributed by atoms with van der Waals surface area (Å²) in [7, 11) is 6.93. The zero-order valence-electron chi connectivity index (χ0n) is 19.9. The molecule has 0 saturated carbocycles. The molecule has 0 unspecified atom stereocenters. The number of ether oxygens (including phenoxy) is 2. The van der Waals surface area contributed by atoms with Crippen LogP contribution in [0.3, 0.4) is 0 Å². The van der Waals surface area contributed by atoms with E-state index in [1.54, 1.807) is 38.5 Å². The third-order valence-electron chi connectivity index (χ3n) is 5.65. The predicted molar refractivity (Wildman–Crippen MR) is 135 cm³/mol. The van der Waals surface area contributed by atoms with Crippen molar-refractivity contribution in [2.45, 2.75) is 6.92 Å². The van der Waals surface area contributed by atoms with Gasteiger partial charge in [-0.3, -0.25) is 9.59 Å². The molecule has 1 aliphatic rings. The molecule has 0 bridgehead atoms. The van der Waals surface area contributed by atoms with Gasteiger partial charge in [0.25, 0.3) is 11.8 Å². The van der Waals surface area contributed by atoms with Gasteiger partial charge in [-0.15, -0.1) is 0 Å². The molecule has 2 amide bonds. The first-order valence-electron chi connectivity index (χ1n) is 10.8. The van der Waals surface area contributed by atoms with Crippen molar-refractivity contribution in [2.24, 2.45) is 0 Å².